The molecule has 0 spiro atoms. The zero-order valence-corrected chi connectivity index (χ0v) is 20.3. The first-order valence-electron chi connectivity index (χ1n) is 10.2. The van der Waals surface area contributed by atoms with Gasteiger partial charge in [0.25, 0.3) is 0 Å². The van der Waals surface area contributed by atoms with E-state index >= 15 is 0 Å². The highest BCUT2D eigenvalue weighted by atomic mass is 19.1. The summed E-state index contributed by atoms with van der Waals surface area (Å²) in [6.45, 7) is 9.45. The number of rotatable bonds is 11. The summed E-state index contributed by atoms with van der Waals surface area (Å²) >= 11 is 0. The predicted octanol–water partition coefficient (Wildman–Crippen LogP) is -0.0926. The first-order chi connectivity index (χ1) is 15.2. The lowest BCUT2D eigenvalue weighted by Crippen LogP contribution is -2.39. The van der Waals surface area contributed by atoms with Crippen LogP contribution in [0.5, 0.6) is 0 Å². The maximum Gasteiger partial charge on any atom is 0.335 e. The number of carbonyl (C=O) groups excluding carboxylic acids is 2. The number of halogens is 2. The highest BCUT2D eigenvalue weighted by molar-refractivity contribution is 5.83. The number of esters is 2. The van der Waals surface area contributed by atoms with Gasteiger partial charge in [-0.05, 0) is 41.5 Å². The molecule has 0 aromatic carbocycles. The van der Waals surface area contributed by atoms with E-state index in [9.17, 15) is 28.0 Å². The summed E-state index contributed by atoms with van der Waals surface area (Å²) in [7, 11) is 0. The molecule has 8 N–H and O–H groups in total. The molecule has 0 bridgehead atoms. The topological polar surface area (TPSA) is 220 Å². The Morgan fingerprint density at radius 1 is 0.735 bits per heavy atom. The summed E-state index contributed by atoms with van der Waals surface area (Å²) in [5.74, 6) is -4.61. The Kier molecular flexibility index (Phi) is 18.2. The second kappa shape index (κ2) is 17.1. The second-order valence-electron chi connectivity index (χ2n) is 8.13. The van der Waals surface area contributed by atoms with E-state index in [1.165, 1.54) is 27.7 Å². The maximum absolute atomic E-state index is 13.0. The fraction of sp³-hybridized carbons (Fsp3) is 0.800. The van der Waals surface area contributed by atoms with Gasteiger partial charge in [-0.2, -0.15) is 0 Å². The fourth-order valence-electron chi connectivity index (χ4n) is 1.98. The number of aliphatic hydroxyl groups excluding tert-OH is 2. The van der Waals surface area contributed by atoms with Gasteiger partial charge in [-0.25, -0.2) is 18.4 Å². The molecule has 0 heterocycles. The van der Waals surface area contributed by atoms with Crippen LogP contribution < -0.4 is 11.5 Å². The third-order valence-electron chi connectivity index (χ3n) is 3.39. The van der Waals surface area contributed by atoms with Crippen LogP contribution in [0.2, 0.25) is 0 Å². The van der Waals surface area contributed by atoms with E-state index < -0.39 is 59.5 Å². The number of carboxylic acid groups (broad SMARTS) is 2. The van der Waals surface area contributed by atoms with E-state index in [1.54, 1.807) is 13.8 Å². The van der Waals surface area contributed by atoms with Crippen molar-refractivity contribution in [3.8, 4) is 0 Å². The zero-order chi connectivity index (χ0) is 27.9. The van der Waals surface area contributed by atoms with Crippen LogP contribution in [0.25, 0.3) is 0 Å². The van der Waals surface area contributed by atoms with Gasteiger partial charge in [0, 0.05) is 12.8 Å². The predicted molar refractivity (Wildman–Crippen MR) is 116 cm³/mol. The van der Waals surface area contributed by atoms with Crippen molar-refractivity contribution in [2.24, 2.45) is 11.5 Å². The number of alkyl halides is 2. The summed E-state index contributed by atoms with van der Waals surface area (Å²) in [5.41, 5.74) is 7.90. The van der Waals surface area contributed by atoms with Crippen molar-refractivity contribution in [3.05, 3.63) is 0 Å². The maximum atomic E-state index is 13.0. The molecule has 0 fully saturated rings. The Morgan fingerprint density at radius 2 is 0.971 bits per heavy atom. The van der Waals surface area contributed by atoms with Gasteiger partial charge in [0.2, 0.25) is 0 Å². The van der Waals surface area contributed by atoms with E-state index in [0.717, 1.165) is 0 Å². The van der Waals surface area contributed by atoms with Crippen LogP contribution in [0, 0.1) is 0 Å². The average molecular weight is 505 g/mol. The van der Waals surface area contributed by atoms with Gasteiger partial charge >= 0.3 is 23.9 Å². The van der Waals surface area contributed by atoms with Gasteiger partial charge in [-0.3, -0.25) is 9.59 Å². The Hall–Kier alpha value is -2.42. The van der Waals surface area contributed by atoms with Crippen molar-refractivity contribution in [3.63, 3.8) is 0 Å². The van der Waals surface area contributed by atoms with Crippen LogP contribution in [-0.2, 0) is 28.7 Å². The molecule has 0 aliphatic rings. The molecule has 202 valence electrons. The molecule has 12 nitrogen and oxygen atoms in total. The van der Waals surface area contributed by atoms with E-state index in [-0.39, 0.29) is 26.1 Å². The third kappa shape index (κ3) is 21.4. The SMILES string of the molecule is CCOC(=O)[C@@H](N)CC(C)(C)F.CCOC(=O)[C@@H](N)CC(C)(C)F.O=C(O)[C@H](O)[C@@H](O)C(=O)O. The van der Waals surface area contributed by atoms with Gasteiger partial charge in [0.1, 0.15) is 23.4 Å². The molecule has 0 aliphatic heterocycles. The Morgan fingerprint density at radius 3 is 1.12 bits per heavy atom. The van der Waals surface area contributed by atoms with Crippen LogP contribution in [0.4, 0.5) is 8.78 Å². The lowest BCUT2D eigenvalue weighted by molar-refractivity contribution is -0.165. The molecule has 0 amide bonds. The average Bonchev–Trinajstić information content (AvgIpc) is 2.65. The van der Waals surface area contributed by atoms with Crippen molar-refractivity contribution >= 4 is 23.9 Å². The van der Waals surface area contributed by atoms with Gasteiger partial charge in [-0.1, -0.05) is 0 Å². The van der Waals surface area contributed by atoms with Crippen LogP contribution in [0.1, 0.15) is 54.4 Å². The van der Waals surface area contributed by atoms with Gasteiger partial charge in [0.05, 0.1) is 13.2 Å². The van der Waals surface area contributed by atoms with Crippen molar-refractivity contribution in [2.45, 2.75) is 90.0 Å². The van der Waals surface area contributed by atoms with E-state index in [0.29, 0.717) is 0 Å². The summed E-state index contributed by atoms with van der Waals surface area (Å²) in [6.07, 6.45) is -4.55. The fourth-order valence-corrected chi connectivity index (χ4v) is 1.98. The Balaban J connectivity index is -0.000000426. The molecule has 0 aromatic heterocycles. The zero-order valence-electron chi connectivity index (χ0n) is 20.3. The molecule has 14 heteroatoms. The number of nitrogens with two attached hydrogens (primary N) is 2. The third-order valence-corrected chi connectivity index (χ3v) is 3.39. The molecule has 0 radical (unpaired) electrons. The standard InChI is InChI=1S/2C8H16FNO2.C4H6O6/c2*1-4-12-7(11)6(10)5-8(2,3)9;5-1(3(7)8)2(6)4(9)10/h2*6H,4-5,10H2,1-3H3;1-2,5-6H,(H,7,8)(H,9,10)/t2*6-;1-,2-/m001/s1. The number of aliphatic carboxylic acids is 2. The van der Waals surface area contributed by atoms with E-state index in [2.05, 4.69) is 9.47 Å². The van der Waals surface area contributed by atoms with E-state index in [4.69, 9.17) is 31.9 Å². The second-order valence-corrected chi connectivity index (χ2v) is 8.13. The highest BCUT2D eigenvalue weighted by Crippen LogP contribution is 2.16. The van der Waals surface area contributed by atoms with E-state index in [1.807, 2.05) is 0 Å². The van der Waals surface area contributed by atoms with Gasteiger partial charge in [0.15, 0.2) is 12.2 Å². The minimum Gasteiger partial charge on any atom is -0.479 e. The molecule has 0 aliphatic carbocycles. The number of aliphatic hydroxyl groups is 2. The lowest BCUT2D eigenvalue weighted by atomic mass is 10.0. The molecule has 4 atom stereocenters. The van der Waals surface area contributed by atoms with Gasteiger partial charge in [-0.15, -0.1) is 0 Å². The normalized spacial score (nSPS) is 14.6. The van der Waals surface area contributed by atoms with Crippen LogP contribution in [-0.4, -0.2) is 93.1 Å². The number of hydrogen-bond donors (Lipinski definition) is 6. The Labute approximate surface area is 197 Å². The largest absolute Gasteiger partial charge is 0.479 e. The Bertz CT molecular complexity index is 582. The monoisotopic (exact) mass is 504 g/mol. The molecular formula is C20H38F2N2O10. The number of carbonyl (C=O) groups is 4. The summed E-state index contributed by atoms with van der Waals surface area (Å²) < 4.78 is 35.1. The highest BCUT2D eigenvalue weighted by Gasteiger charge is 2.29. The lowest BCUT2D eigenvalue weighted by Gasteiger charge is -2.18. The molecular weight excluding hydrogens is 466 g/mol. The van der Waals surface area contributed by atoms with Crippen LogP contribution >= 0.6 is 0 Å². The summed E-state index contributed by atoms with van der Waals surface area (Å²) in [5, 5.41) is 32.5. The first-order valence-corrected chi connectivity index (χ1v) is 10.2. The summed E-state index contributed by atoms with van der Waals surface area (Å²) in [6, 6.07) is -1.71. The minimum absolute atomic E-state index is 0.00810. The number of ether oxygens (including phenoxy) is 2. The molecule has 0 saturated heterocycles. The minimum atomic E-state index is -2.27. The quantitative estimate of drug-likeness (QED) is 0.203. The van der Waals surface area contributed by atoms with Crippen LogP contribution in [0.3, 0.4) is 0 Å². The van der Waals surface area contributed by atoms with Crippen molar-refractivity contribution in [1.82, 2.24) is 0 Å². The molecule has 0 saturated carbocycles. The molecule has 0 aromatic rings. The number of hydrogen-bond acceptors (Lipinski definition) is 10. The van der Waals surface area contributed by atoms with Crippen molar-refractivity contribution in [1.29, 1.82) is 0 Å². The smallest absolute Gasteiger partial charge is 0.335 e. The molecule has 34 heavy (non-hydrogen) atoms. The van der Waals surface area contributed by atoms with Crippen molar-refractivity contribution < 1.29 is 57.9 Å². The first kappa shape index (κ1) is 36.2. The van der Waals surface area contributed by atoms with Crippen LogP contribution in [0.15, 0.2) is 0 Å². The molecule has 0 rings (SSSR count). The number of carboxylic acids is 2. The van der Waals surface area contributed by atoms with Crippen molar-refractivity contribution in [2.75, 3.05) is 13.2 Å². The molecule has 0 unspecified atom stereocenters. The van der Waals surface area contributed by atoms with Gasteiger partial charge < -0.3 is 41.4 Å². The summed E-state index contributed by atoms with van der Waals surface area (Å²) in [4.78, 5) is 41.4.